The second-order valence-electron chi connectivity index (χ2n) is 2.64. The van der Waals surface area contributed by atoms with E-state index in [0.29, 0.717) is 11.1 Å². The van der Waals surface area contributed by atoms with E-state index < -0.39 is 5.95 Å². The molecule has 0 saturated carbocycles. The summed E-state index contributed by atoms with van der Waals surface area (Å²) in [4.78, 5) is 3.46. The van der Waals surface area contributed by atoms with Crippen LogP contribution in [0.5, 0.6) is 0 Å². The number of hydrogen-bond acceptors (Lipinski definition) is 2. The smallest absolute Gasteiger partial charge is 0.209 e. The van der Waals surface area contributed by atoms with Crippen LogP contribution in [0.2, 0.25) is 0 Å². The third-order valence-corrected chi connectivity index (χ3v) is 1.13. The summed E-state index contributed by atoms with van der Waals surface area (Å²) in [5, 5.41) is 8.50. The zero-order valence-corrected chi connectivity index (χ0v) is 7.48. The van der Waals surface area contributed by atoms with Crippen molar-refractivity contribution in [3.63, 3.8) is 0 Å². The van der Waals surface area contributed by atoms with Gasteiger partial charge in [0.15, 0.2) is 0 Å². The van der Waals surface area contributed by atoms with E-state index in [0.717, 1.165) is 0 Å². The molecule has 0 aliphatic heterocycles. The van der Waals surface area contributed by atoms with Crippen molar-refractivity contribution in [2.75, 3.05) is 0 Å². The normalized spacial score (nSPS) is 10.4. The summed E-state index contributed by atoms with van der Waals surface area (Å²) in [7, 11) is 0. The summed E-state index contributed by atoms with van der Waals surface area (Å²) in [6.07, 6.45) is 0. The molecule has 0 spiro atoms. The van der Waals surface area contributed by atoms with Gasteiger partial charge in [0.25, 0.3) is 0 Å². The van der Waals surface area contributed by atoms with E-state index >= 15 is 0 Å². The zero-order chi connectivity index (χ0) is 9.72. The Hall–Kier alpha value is -1.43. The molecular weight excluding hydrogens is 155 g/mol. The van der Waals surface area contributed by atoms with Gasteiger partial charge in [0.2, 0.25) is 5.95 Å². The summed E-state index contributed by atoms with van der Waals surface area (Å²) < 4.78 is 12.8. The van der Waals surface area contributed by atoms with E-state index in [4.69, 9.17) is 5.26 Å². The maximum absolute atomic E-state index is 12.8. The lowest BCUT2D eigenvalue weighted by Crippen LogP contribution is -1.94. The average Bonchev–Trinajstić information content (AvgIpc) is 1.98. The van der Waals surface area contributed by atoms with Gasteiger partial charge in [-0.15, -0.1) is 0 Å². The first kappa shape index (κ1) is 10.6. The van der Waals surface area contributed by atoms with Crippen LogP contribution in [-0.2, 0) is 0 Å². The van der Waals surface area contributed by atoms with Crippen LogP contribution in [0.3, 0.4) is 0 Å². The van der Waals surface area contributed by atoms with Gasteiger partial charge in [0.1, 0.15) is 11.8 Å². The van der Waals surface area contributed by atoms with Gasteiger partial charge in [0.05, 0.1) is 0 Å². The number of rotatable bonds is 2. The van der Waals surface area contributed by atoms with Crippen LogP contribution in [0.25, 0.3) is 0 Å². The van der Waals surface area contributed by atoms with E-state index in [1.54, 1.807) is 26.8 Å². The Morgan fingerprint density at radius 3 is 2.17 bits per heavy atom. The molecule has 0 aliphatic rings. The fraction of sp³-hybridized carbons (Fsp3) is 0.333. The van der Waals surface area contributed by atoms with Gasteiger partial charge in [-0.05, 0) is 31.9 Å². The molecule has 0 aromatic rings. The predicted molar refractivity (Wildman–Crippen MR) is 47.3 cm³/mol. The van der Waals surface area contributed by atoms with Gasteiger partial charge >= 0.3 is 0 Å². The minimum atomic E-state index is -0.616. The Morgan fingerprint density at radius 1 is 1.42 bits per heavy atom. The van der Waals surface area contributed by atoms with Gasteiger partial charge in [-0.2, -0.15) is 9.65 Å². The summed E-state index contributed by atoms with van der Waals surface area (Å²) >= 11 is 0. The maximum atomic E-state index is 12.8. The Bertz CT molecular complexity index is 288. The Labute approximate surface area is 71.7 Å². The molecule has 0 atom stereocenters. The van der Waals surface area contributed by atoms with Gasteiger partial charge in [0, 0.05) is 0 Å². The van der Waals surface area contributed by atoms with Gasteiger partial charge in [-0.3, -0.25) is 0 Å². The van der Waals surface area contributed by atoms with Crippen molar-refractivity contribution in [2.45, 2.75) is 20.8 Å². The lowest BCUT2D eigenvalue weighted by Gasteiger charge is -1.94. The third-order valence-electron chi connectivity index (χ3n) is 1.13. The van der Waals surface area contributed by atoms with E-state index in [1.165, 1.54) is 0 Å². The van der Waals surface area contributed by atoms with Crippen molar-refractivity contribution < 1.29 is 4.39 Å². The maximum Gasteiger partial charge on any atom is 0.212 e. The Morgan fingerprint density at radius 2 is 1.92 bits per heavy atom. The van der Waals surface area contributed by atoms with Crippen LogP contribution in [-0.4, -0.2) is 5.71 Å². The lowest BCUT2D eigenvalue weighted by molar-refractivity contribution is 0.616. The van der Waals surface area contributed by atoms with Crippen molar-refractivity contribution in [1.29, 1.82) is 5.26 Å². The summed E-state index contributed by atoms with van der Waals surface area (Å²) in [6, 6.07) is 1.76. The monoisotopic (exact) mass is 166 g/mol. The summed E-state index contributed by atoms with van der Waals surface area (Å²) in [6.45, 7) is 8.29. The molecule has 12 heavy (non-hydrogen) atoms. The predicted octanol–water partition coefficient (Wildman–Crippen LogP) is 2.75. The number of aliphatic imine (C=N–C) groups is 1. The first-order valence-electron chi connectivity index (χ1n) is 3.46. The summed E-state index contributed by atoms with van der Waals surface area (Å²) in [5.41, 5.74) is 0.951. The second-order valence-corrected chi connectivity index (χ2v) is 2.64. The molecule has 0 fully saturated rings. The molecule has 0 N–H and O–H groups in total. The molecule has 3 heteroatoms. The highest BCUT2D eigenvalue weighted by molar-refractivity contribution is 6.10. The minimum Gasteiger partial charge on any atom is -0.209 e. The number of halogens is 1. The molecule has 0 radical (unpaired) electrons. The molecule has 0 saturated heterocycles. The van der Waals surface area contributed by atoms with Crippen molar-refractivity contribution in [1.82, 2.24) is 0 Å². The van der Waals surface area contributed by atoms with E-state index in [9.17, 15) is 4.39 Å². The molecule has 0 heterocycles. The highest BCUT2D eigenvalue weighted by Crippen LogP contribution is 2.08. The van der Waals surface area contributed by atoms with Crippen LogP contribution in [0.15, 0.2) is 28.7 Å². The quantitative estimate of drug-likeness (QED) is 0.459. The molecule has 0 rings (SSSR count). The molecule has 0 amide bonds. The Balaban J connectivity index is 4.90. The molecule has 64 valence electrons. The standard InChI is InChI=1S/C9H11FN2/c1-6(2)8(5-11)12-9(10)7(3)4/h1H2,2-4H3/b12-8-. The third kappa shape index (κ3) is 3.11. The first-order chi connectivity index (χ1) is 5.49. The fourth-order valence-electron chi connectivity index (χ4n) is 0.426. The number of nitriles is 1. The van der Waals surface area contributed by atoms with Crippen LogP contribution in [0, 0.1) is 11.3 Å². The van der Waals surface area contributed by atoms with Crippen molar-refractivity contribution in [3.8, 4) is 6.07 Å². The number of hydrogen-bond donors (Lipinski definition) is 0. The van der Waals surface area contributed by atoms with Crippen molar-refractivity contribution in [2.24, 2.45) is 4.99 Å². The van der Waals surface area contributed by atoms with Crippen LogP contribution in [0.1, 0.15) is 20.8 Å². The van der Waals surface area contributed by atoms with Gasteiger partial charge < -0.3 is 0 Å². The molecule has 0 aromatic carbocycles. The zero-order valence-electron chi connectivity index (χ0n) is 7.48. The molecule has 0 unspecified atom stereocenters. The summed E-state index contributed by atoms with van der Waals surface area (Å²) in [5.74, 6) is -0.616. The van der Waals surface area contributed by atoms with Crippen molar-refractivity contribution >= 4 is 5.71 Å². The Kier molecular flexibility index (Phi) is 3.92. The minimum absolute atomic E-state index is 0.0358. The van der Waals surface area contributed by atoms with Crippen molar-refractivity contribution in [3.05, 3.63) is 23.7 Å². The lowest BCUT2D eigenvalue weighted by atomic mass is 10.2. The fourth-order valence-corrected chi connectivity index (χ4v) is 0.426. The molecule has 2 nitrogen and oxygen atoms in total. The molecule has 0 aliphatic carbocycles. The average molecular weight is 166 g/mol. The molecule has 0 aromatic heterocycles. The van der Waals surface area contributed by atoms with Gasteiger partial charge in [-0.25, -0.2) is 4.99 Å². The second kappa shape index (κ2) is 4.45. The van der Waals surface area contributed by atoms with Gasteiger partial charge in [-0.1, -0.05) is 6.58 Å². The molecular formula is C9H11FN2. The SMILES string of the molecule is C=C(C)/C(C#N)=N\C(F)=C(C)C. The largest absolute Gasteiger partial charge is 0.212 e. The molecule has 0 bridgehead atoms. The highest BCUT2D eigenvalue weighted by Gasteiger charge is 2.00. The van der Waals surface area contributed by atoms with E-state index in [2.05, 4.69) is 11.6 Å². The highest BCUT2D eigenvalue weighted by atomic mass is 19.1. The topological polar surface area (TPSA) is 36.1 Å². The first-order valence-corrected chi connectivity index (χ1v) is 3.46. The van der Waals surface area contributed by atoms with Crippen LogP contribution >= 0.6 is 0 Å². The van der Waals surface area contributed by atoms with Crippen LogP contribution < -0.4 is 0 Å². The van der Waals surface area contributed by atoms with E-state index in [1.807, 2.05) is 0 Å². The number of nitrogens with zero attached hydrogens (tertiary/aromatic N) is 2. The number of allylic oxidation sites excluding steroid dienone is 2. The van der Waals surface area contributed by atoms with Crippen LogP contribution in [0.4, 0.5) is 4.39 Å². The van der Waals surface area contributed by atoms with E-state index in [-0.39, 0.29) is 5.71 Å².